The van der Waals surface area contributed by atoms with E-state index in [4.69, 9.17) is 4.74 Å². The molecule has 1 aromatic heterocycles. The highest BCUT2D eigenvalue weighted by Crippen LogP contribution is 2.27. The molecule has 1 aliphatic heterocycles. The zero-order valence-electron chi connectivity index (χ0n) is 13.3. The van der Waals surface area contributed by atoms with E-state index in [9.17, 15) is 9.18 Å². The van der Waals surface area contributed by atoms with Gasteiger partial charge in [0.15, 0.2) is 5.13 Å². The van der Waals surface area contributed by atoms with Crippen molar-refractivity contribution < 1.29 is 13.9 Å². The van der Waals surface area contributed by atoms with Gasteiger partial charge in [-0.2, -0.15) is 0 Å². The van der Waals surface area contributed by atoms with Crippen LogP contribution in [0, 0.1) is 5.82 Å². The largest absolute Gasteiger partial charge is 0.493 e. The number of fused-ring (bicyclic) bond motifs is 1. The smallest absolute Gasteiger partial charge is 0.257 e. The molecular weight excluding hydrogens is 339 g/mol. The third-order valence-corrected chi connectivity index (χ3v) is 4.96. The molecular formula is C19H15FN2O2S. The lowest BCUT2D eigenvalue weighted by molar-refractivity contribution is 0.102. The number of carbonyl (C=O) groups excluding carboxylic acids is 1. The molecule has 0 saturated carbocycles. The SMILES string of the molecule is O=C(Nc1ncc(Cc2ccccc2F)s1)c1ccc2c(c1)CCO2. The van der Waals surface area contributed by atoms with E-state index in [1.807, 2.05) is 12.1 Å². The van der Waals surface area contributed by atoms with Crippen LogP contribution in [0.1, 0.15) is 26.4 Å². The first kappa shape index (κ1) is 15.8. The van der Waals surface area contributed by atoms with Crippen LogP contribution >= 0.6 is 11.3 Å². The number of amides is 1. The third-order valence-electron chi connectivity index (χ3n) is 4.05. The summed E-state index contributed by atoms with van der Waals surface area (Å²) in [5, 5.41) is 3.31. The van der Waals surface area contributed by atoms with Gasteiger partial charge in [0.25, 0.3) is 5.91 Å². The molecule has 0 radical (unpaired) electrons. The lowest BCUT2D eigenvalue weighted by Crippen LogP contribution is -2.11. The fourth-order valence-electron chi connectivity index (χ4n) is 2.77. The van der Waals surface area contributed by atoms with Gasteiger partial charge in [-0.1, -0.05) is 18.2 Å². The number of thiazole rings is 1. The topological polar surface area (TPSA) is 51.2 Å². The summed E-state index contributed by atoms with van der Waals surface area (Å²) in [6, 6.07) is 12.1. The summed E-state index contributed by atoms with van der Waals surface area (Å²) in [6.45, 7) is 0.659. The van der Waals surface area contributed by atoms with Crippen LogP contribution in [-0.2, 0) is 12.8 Å². The second-order valence-electron chi connectivity index (χ2n) is 5.78. The molecule has 126 valence electrons. The Bertz CT molecular complexity index is 939. The fraction of sp³-hybridized carbons (Fsp3) is 0.158. The fourth-order valence-corrected chi connectivity index (χ4v) is 3.60. The number of rotatable bonds is 4. The van der Waals surface area contributed by atoms with E-state index >= 15 is 0 Å². The lowest BCUT2D eigenvalue weighted by Gasteiger charge is -2.04. The van der Waals surface area contributed by atoms with Crippen molar-refractivity contribution in [1.29, 1.82) is 0 Å². The molecule has 1 N–H and O–H groups in total. The second kappa shape index (κ2) is 6.64. The Morgan fingerprint density at radius 3 is 3.04 bits per heavy atom. The van der Waals surface area contributed by atoms with Crippen molar-refractivity contribution >= 4 is 22.4 Å². The van der Waals surface area contributed by atoms with E-state index in [0.29, 0.717) is 29.3 Å². The molecule has 0 aliphatic carbocycles. The number of benzene rings is 2. The standard InChI is InChI=1S/C19H15FN2O2S/c20-16-4-2-1-3-12(16)10-15-11-21-19(25-15)22-18(23)14-5-6-17-13(9-14)7-8-24-17/h1-6,9,11H,7-8,10H2,(H,21,22,23). The highest BCUT2D eigenvalue weighted by Gasteiger charge is 2.16. The summed E-state index contributed by atoms with van der Waals surface area (Å²) in [7, 11) is 0. The molecule has 4 nitrogen and oxygen atoms in total. The number of hydrogen-bond acceptors (Lipinski definition) is 4. The van der Waals surface area contributed by atoms with Gasteiger partial charge in [0, 0.05) is 29.5 Å². The van der Waals surface area contributed by atoms with Gasteiger partial charge in [-0.15, -0.1) is 11.3 Å². The van der Waals surface area contributed by atoms with Crippen molar-refractivity contribution in [3.05, 3.63) is 76.0 Å². The minimum Gasteiger partial charge on any atom is -0.493 e. The van der Waals surface area contributed by atoms with E-state index in [0.717, 1.165) is 22.6 Å². The van der Waals surface area contributed by atoms with Crippen LogP contribution in [0.25, 0.3) is 0 Å². The summed E-state index contributed by atoms with van der Waals surface area (Å²) < 4.78 is 19.2. The van der Waals surface area contributed by atoms with Crippen molar-refractivity contribution in [3.63, 3.8) is 0 Å². The molecule has 0 fully saturated rings. The van der Waals surface area contributed by atoms with Crippen molar-refractivity contribution in [2.75, 3.05) is 11.9 Å². The third kappa shape index (κ3) is 3.39. The van der Waals surface area contributed by atoms with Crippen LogP contribution in [0.2, 0.25) is 0 Å². The molecule has 1 aliphatic rings. The predicted octanol–water partition coefficient (Wildman–Crippen LogP) is 4.06. The molecule has 0 spiro atoms. The van der Waals surface area contributed by atoms with E-state index in [-0.39, 0.29) is 11.7 Å². The first-order valence-corrected chi connectivity index (χ1v) is 8.76. The number of anilines is 1. The van der Waals surface area contributed by atoms with Gasteiger partial charge < -0.3 is 4.74 Å². The van der Waals surface area contributed by atoms with E-state index in [2.05, 4.69) is 10.3 Å². The normalized spacial score (nSPS) is 12.5. The van der Waals surface area contributed by atoms with Crippen molar-refractivity contribution in [3.8, 4) is 5.75 Å². The Labute approximate surface area is 148 Å². The highest BCUT2D eigenvalue weighted by atomic mass is 32.1. The van der Waals surface area contributed by atoms with E-state index in [1.165, 1.54) is 17.4 Å². The molecule has 2 heterocycles. The minimum atomic E-state index is -0.234. The summed E-state index contributed by atoms with van der Waals surface area (Å²) in [5.41, 5.74) is 2.24. The molecule has 0 unspecified atom stereocenters. The Morgan fingerprint density at radius 2 is 2.16 bits per heavy atom. The number of nitrogens with one attached hydrogen (secondary N) is 1. The number of nitrogens with zero attached hydrogens (tertiary/aromatic N) is 1. The number of aromatic nitrogens is 1. The molecule has 25 heavy (non-hydrogen) atoms. The second-order valence-corrected chi connectivity index (χ2v) is 6.89. The average Bonchev–Trinajstić information content (AvgIpc) is 3.25. The first-order valence-electron chi connectivity index (χ1n) is 7.94. The summed E-state index contributed by atoms with van der Waals surface area (Å²) in [4.78, 5) is 17.5. The monoisotopic (exact) mass is 354 g/mol. The zero-order valence-corrected chi connectivity index (χ0v) is 14.1. The minimum absolute atomic E-state index is 0.207. The van der Waals surface area contributed by atoms with Gasteiger partial charge in [-0.25, -0.2) is 9.37 Å². The molecule has 4 rings (SSSR count). The predicted molar refractivity (Wildman–Crippen MR) is 94.9 cm³/mol. The van der Waals surface area contributed by atoms with Crippen molar-refractivity contribution in [2.24, 2.45) is 0 Å². The van der Waals surface area contributed by atoms with Crippen LogP contribution < -0.4 is 10.1 Å². The van der Waals surface area contributed by atoms with Gasteiger partial charge in [-0.05, 0) is 35.4 Å². The van der Waals surface area contributed by atoms with E-state index in [1.54, 1.807) is 30.5 Å². The molecule has 2 aromatic carbocycles. The maximum atomic E-state index is 13.7. The van der Waals surface area contributed by atoms with Crippen LogP contribution in [0.5, 0.6) is 5.75 Å². The summed E-state index contributed by atoms with van der Waals surface area (Å²) >= 11 is 1.35. The molecule has 0 saturated heterocycles. The van der Waals surface area contributed by atoms with Crippen LogP contribution in [-0.4, -0.2) is 17.5 Å². The van der Waals surface area contributed by atoms with Gasteiger partial charge >= 0.3 is 0 Å². The van der Waals surface area contributed by atoms with E-state index < -0.39 is 0 Å². The maximum absolute atomic E-state index is 13.7. The highest BCUT2D eigenvalue weighted by molar-refractivity contribution is 7.15. The van der Waals surface area contributed by atoms with Gasteiger partial charge in [0.1, 0.15) is 11.6 Å². The summed E-state index contributed by atoms with van der Waals surface area (Å²) in [6.07, 6.45) is 2.94. The maximum Gasteiger partial charge on any atom is 0.257 e. The Kier molecular flexibility index (Phi) is 4.19. The number of ether oxygens (including phenoxy) is 1. The van der Waals surface area contributed by atoms with Crippen molar-refractivity contribution in [2.45, 2.75) is 12.8 Å². The number of hydrogen-bond donors (Lipinski definition) is 1. The van der Waals surface area contributed by atoms with Gasteiger partial charge in [-0.3, -0.25) is 10.1 Å². The van der Waals surface area contributed by atoms with Gasteiger partial charge in [0.2, 0.25) is 0 Å². The Hall–Kier alpha value is -2.73. The van der Waals surface area contributed by atoms with Crippen LogP contribution in [0.15, 0.2) is 48.7 Å². The first-order chi connectivity index (χ1) is 12.2. The quantitative estimate of drug-likeness (QED) is 0.769. The van der Waals surface area contributed by atoms with Crippen molar-refractivity contribution in [1.82, 2.24) is 4.98 Å². The molecule has 1 amide bonds. The molecule has 6 heteroatoms. The Morgan fingerprint density at radius 1 is 1.28 bits per heavy atom. The number of halogens is 1. The number of carbonyl (C=O) groups is 1. The van der Waals surface area contributed by atoms with Gasteiger partial charge in [0.05, 0.1) is 6.61 Å². The van der Waals surface area contributed by atoms with Crippen LogP contribution in [0.4, 0.5) is 9.52 Å². The Balaban J connectivity index is 1.46. The zero-order chi connectivity index (χ0) is 17.2. The summed E-state index contributed by atoms with van der Waals surface area (Å²) in [5.74, 6) is 0.404. The lowest BCUT2D eigenvalue weighted by atomic mass is 10.1. The molecule has 0 bridgehead atoms. The molecule has 3 aromatic rings. The molecule has 0 atom stereocenters. The van der Waals surface area contributed by atoms with Crippen LogP contribution in [0.3, 0.4) is 0 Å². The average molecular weight is 354 g/mol.